The normalized spacial score (nSPS) is 40.2. The molecule has 0 aromatic heterocycles. The Kier molecular flexibility index (Phi) is 18.2. The Morgan fingerprint density at radius 3 is 1.74 bits per heavy atom. The predicted molar refractivity (Wildman–Crippen MR) is 192 cm³/mol. The molecule has 0 aromatic carbocycles. The SMILES string of the molecule is C=C[C@@](C)(O)CC/C=C(\C)CC/C=C(\C)CC/C=C(/C)CO[C@H]1O[C@H](C)[C@@H](O)[C@H](O[C@@H]2O[C@H](CO[C@H]3O[C@H](C)[C@@H](O)[C@H](O)[C@@H]3O)[C@@H](O)[C@H](O)[C@H]2O)[C@@H]1O. The second-order valence-electron chi connectivity index (χ2n) is 15.0. The molecule has 9 N–H and O–H groups in total. The summed E-state index contributed by atoms with van der Waals surface area (Å²) < 4.78 is 34.0. The number of rotatable bonds is 18. The van der Waals surface area contributed by atoms with E-state index in [4.69, 9.17) is 28.4 Å². The van der Waals surface area contributed by atoms with Crippen molar-refractivity contribution in [2.45, 2.75) is 178 Å². The number of ether oxygens (including phenoxy) is 6. The molecular weight excluding hydrogens is 696 g/mol. The van der Waals surface area contributed by atoms with Crippen molar-refractivity contribution in [3.63, 3.8) is 0 Å². The molecule has 16 atom stereocenters. The Morgan fingerprint density at radius 1 is 0.623 bits per heavy atom. The summed E-state index contributed by atoms with van der Waals surface area (Å²) in [5, 5.41) is 94.1. The van der Waals surface area contributed by atoms with Gasteiger partial charge in [-0.2, -0.15) is 0 Å². The van der Waals surface area contributed by atoms with E-state index in [9.17, 15) is 46.0 Å². The quantitative estimate of drug-likeness (QED) is 0.0872. The first-order chi connectivity index (χ1) is 24.9. The molecule has 0 radical (unpaired) electrons. The maximum absolute atomic E-state index is 11.1. The Labute approximate surface area is 312 Å². The molecule has 306 valence electrons. The topological polar surface area (TPSA) is 237 Å². The van der Waals surface area contributed by atoms with Crippen molar-refractivity contribution >= 4 is 0 Å². The first kappa shape index (κ1) is 45.7. The molecule has 0 aromatic rings. The highest BCUT2D eigenvalue weighted by Gasteiger charge is 2.51. The second kappa shape index (κ2) is 21.0. The molecule has 0 unspecified atom stereocenters. The Morgan fingerprint density at radius 2 is 1.13 bits per heavy atom. The molecule has 0 amide bonds. The Balaban J connectivity index is 1.50. The second-order valence-corrected chi connectivity index (χ2v) is 15.0. The fraction of sp³-hybridized carbons (Fsp3) is 0.789. The molecule has 3 saturated heterocycles. The van der Waals surface area contributed by atoms with Gasteiger partial charge in [0.2, 0.25) is 0 Å². The largest absolute Gasteiger partial charge is 0.388 e. The van der Waals surface area contributed by atoms with E-state index < -0.39 is 104 Å². The molecule has 3 heterocycles. The molecule has 3 aliphatic heterocycles. The minimum absolute atomic E-state index is 0.120. The van der Waals surface area contributed by atoms with Crippen LogP contribution in [0.2, 0.25) is 0 Å². The summed E-state index contributed by atoms with van der Waals surface area (Å²) in [7, 11) is 0. The van der Waals surface area contributed by atoms with E-state index in [0.29, 0.717) is 6.42 Å². The van der Waals surface area contributed by atoms with Crippen LogP contribution in [-0.4, -0.2) is 157 Å². The third-order valence-electron chi connectivity index (χ3n) is 10.1. The van der Waals surface area contributed by atoms with E-state index in [2.05, 4.69) is 32.6 Å². The number of aliphatic hydroxyl groups excluding tert-OH is 8. The lowest BCUT2D eigenvalue weighted by Gasteiger charge is -2.46. The molecule has 0 bridgehead atoms. The summed E-state index contributed by atoms with van der Waals surface area (Å²) in [6, 6.07) is 0. The van der Waals surface area contributed by atoms with Gasteiger partial charge in [0, 0.05) is 0 Å². The highest BCUT2D eigenvalue weighted by molar-refractivity contribution is 5.07. The molecule has 3 fully saturated rings. The van der Waals surface area contributed by atoms with Crippen LogP contribution in [0.5, 0.6) is 0 Å². The third-order valence-corrected chi connectivity index (χ3v) is 10.1. The van der Waals surface area contributed by atoms with Gasteiger partial charge >= 0.3 is 0 Å². The lowest BCUT2D eigenvalue weighted by Crippen LogP contribution is -2.64. The molecule has 3 rings (SSSR count). The van der Waals surface area contributed by atoms with Crippen LogP contribution in [-0.2, 0) is 28.4 Å². The maximum atomic E-state index is 11.1. The van der Waals surface area contributed by atoms with Gasteiger partial charge in [-0.25, -0.2) is 0 Å². The van der Waals surface area contributed by atoms with Gasteiger partial charge in [-0.15, -0.1) is 6.58 Å². The van der Waals surface area contributed by atoms with Crippen LogP contribution in [0.3, 0.4) is 0 Å². The molecule has 0 spiro atoms. The number of allylic oxidation sites excluding steroid dienone is 5. The van der Waals surface area contributed by atoms with E-state index in [1.807, 2.05) is 13.0 Å². The molecule has 15 nitrogen and oxygen atoms in total. The fourth-order valence-electron chi connectivity index (χ4n) is 6.24. The lowest BCUT2D eigenvalue weighted by atomic mass is 9.97. The van der Waals surface area contributed by atoms with E-state index in [0.717, 1.165) is 37.7 Å². The van der Waals surface area contributed by atoms with Gasteiger partial charge in [0.25, 0.3) is 0 Å². The van der Waals surface area contributed by atoms with E-state index in [1.54, 1.807) is 19.9 Å². The minimum Gasteiger partial charge on any atom is -0.388 e. The maximum Gasteiger partial charge on any atom is 0.187 e. The van der Waals surface area contributed by atoms with Gasteiger partial charge in [-0.3, -0.25) is 0 Å². The average Bonchev–Trinajstić information content (AvgIpc) is 3.11. The van der Waals surface area contributed by atoms with Gasteiger partial charge in [0.1, 0.15) is 61.0 Å². The monoisotopic (exact) mass is 760 g/mol. The highest BCUT2D eigenvalue weighted by Crippen LogP contribution is 2.31. The first-order valence-corrected chi connectivity index (χ1v) is 18.5. The third kappa shape index (κ3) is 13.2. The summed E-state index contributed by atoms with van der Waals surface area (Å²) in [5.41, 5.74) is 2.59. The van der Waals surface area contributed by atoms with Crippen LogP contribution in [0.25, 0.3) is 0 Å². The van der Waals surface area contributed by atoms with Gasteiger partial charge in [-0.1, -0.05) is 41.0 Å². The zero-order valence-corrected chi connectivity index (χ0v) is 31.8. The minimum atomic E-state index is -1.79. The summed E-state index contributed by atoms with van der Waals surface area (Å²) in [6.07, 6.45) is -8.52. The molecule has 15 heteroatoms. The van der Waals surface area contributed by atoms with Crippen molar-refractivity contribution in [2.75, 3.05) is 13.2 Å². The molecular formula is C38H64O15. The van der Waals surface area contributed by atoms with Crippen LogP contribution in [0.4, 0.5) is 0 Å². The van der Waals surface area contributed by atoms with E-state index in [1.165, 1.54) is 18.1 Å². The smallest absolute Gasteiger partial charge is 0.187 e. The summed E-state index contributed by atoms with van der Waals surface area (Å²) in [5.74, 6) is 0. The first-order valence-electron chi connectivity index (χ1n) is 18.5. The molecule has 53 heavy (non-hydrogen) atoms. The standard InChI is InChI=1S/C38H64O15/c1-8-38(7,47)17-11-16-21(3)13-9-12-20(2)14-10-15-22(4)18-48-36-33(46)34(27(40)24(6)51-36)53-37-32(45)30(43)28(41)25(52-37)19-49-35-31(44)29(42)26(39)23(5)50-35/h8,12,15-16,23-37,39-47H,1,9-11,13-14,17-19H2,2-7H3/b20-12+,21-16+,22-15-/t23-,24-,25-,26-,27-,28-,29+,30+,31+,32-,33+,34+,35+,36+,37+,38-/m1/s1. The Bertz CT molecular complexity index is 1220. The predicted octanol–water partition coefficient (Wildman–Crippen LogP) is 0.623. The van der Waals surface area contributed by atoms with Crippen LogP contribution < -0.4 is 0 Å². The highest BCUT2D eigenvalue weighted by atomic mass is 16.7. The van der Waals surface area contributed by atoms with Crippen molar-refractivity contribution in [1.82, 2.24) is 0 Å². The van der Waals surface area contributed by atoms with Gasteiger partial charge < -0.3 is 74.4 Å². The fourth-order valence-corrected chi connectivity index (χ4v) is 6.24. The molecule has 3 aliphatic rings. The summed E-state index contributed by atoms with van der Waals surface area (Å²) in [4.78, 5) is 0. The zero-order chi connectivity index (χ0) is 39.6. The number of hydrogen-bond donors (Lipinski definition) is 9. The number of aliphatic hydroxyl groups is 9. The van der Waals surface area contributed by atoms with Gasteiger partial charge in [0.15, 0.2) is 18.9 Å². The van der Waals surface area contributed by atoms with Gasteiger partial charge in [-0.05, 0) is 80.1 Å². The van der Waals surface area contributed by atoms with Crippen molar-refractivity contribution in [3.05, 3.63) is 47.6 Å². The van der Waals surface area contributed by atoms with Gasteiger partial charge in [0.05, 0.1) is 31.0 Å². The summed E-state index contributed by atoms with van der Waals surface area (Å²) >= 11 is 0. The van der Waals surface area contributed by atoms with E-state index >= 15 is 0 Å². The van der Waals surface area contributed by atoms with Crippen LogP contribution in [0.15, 0.2) is 47.6 Å². The molecule has 0 aliphatic carbocycles. The van der Waals surface area contributed by atoms with Crippen molar-refractivity contribution in [1.29, 1.82) is 0 Å². The Hall–Kier alpha value is -1.64. The van der Waals surface area contributed by atoms with Crippen LogP contribution >= 0.6 is 0 Å². The number of hydrogen-bond acceptors (Lipinski definition) is 15. The van der Waals surface area contributed by atoms with Crippen molar-refractivity contribution in [2.24, 2.45) is 0 Å². The van der Waals surface area contributed by atoms with Crippen LogP contribution in [0.1, 0.15) is 80.1 Å². The lowest BCUT2D eigenvalue weighted by molar-refractivity contribution is -0.362. The average molecular weight is 761 g/mol. The summed E-state index contributed by atoms with van der Waals surface area (Å²) in [6.45, 7) is 14.1. The zero-order valence-electron chi connectivity index (χ0n) is 31.8. The van der Waals surface area contributed by atoms with Crippen molar-refractivity contribution < 1.29 is 74.4 Å². The molecule has 0 saturated carbocycles. The van der Waals surface area contributed by atoms with E-state index in [-0.39, 0.29) is 6.61 Å². The van der Waals surface area contributed by atoms with Crippen LogP contribution in [0, 0.1) is 0 Å². The van der Waals surface area contributed by atoms with Crippen molar-refractivity contribution in [3.8, 4) is 0 Å².